The quantitative estimate of drug-likeness (QED) is 0.585. The van der Waals surface area contributed by atoms with Crippen LogP contribution >= 0.6 is 0 Å². The molecule has 108 valence electrons. The van der Waals surface area contributed by atoms with Crippen molar-refractivity contribution in [3.8, 4) is 0 Å². The van der Waals surface area contributed by atoms with E-state index < -0.39 is 0 Å². The molecule has 0 aromatic carbocycles. The molecule has 0 amide bonds. The summed E-state index contributed by atoms with van der Waals surface area (Å²) >= 11 is 0. The van der Waals surface area contributed by atoms with Crippen molar-refractivity contribution in [2.75, 3.05) is 54.4 Å². The summed E-state index contributed by atoms with van der Waals surface area (Å²) in [4.78, 5) is 0. The SMILES string of the molecule is CC1CCC[N+](C)(C)C1.CC1CC[N+](C)(C)CC1. The van der Waals surface area contributed by atoms with Gasteiger partial charge in [0.2, 0.25) is 0 Å². The second kappa shape index (κ2) is 6.38. The third kappa shape index (κ3) is 6.19. The number of hydrogen-bond donors (Lipinski definition) is 0. The van der Waals surface area contributed by atoms with Gasteiger partial charge in [-0.2, -0.15) is 0 Å². The Morgan fingerprint density at radius 3 is 1.56 bits per heavy atom. The molecule has 0 saturated carbocycles. The van der Waals surface area contributed by atoms with Gasteiger partial charge in [0.05, 0.1) is 54.4 Å². The van der Waals surface area contributed by atoms with Crippen LogP contribution < -0.4 is 0 Å². The minimum atomic E-state index is 0.953. The molecule has 0 aliphatic carbocycles. The smallest absolute Gasteiger partial charge is 0.0808 e. The van der Waals surface area contributed by atoms with Crippen molar-refractivity contribution in [1.29, 1.82) is 0 Å². The number of piperidine rings is 2. The Kier molecular flexibility index (Phi) is 5.67. The van der Waals surface area contributed by atoms with Crippen LogP contribution in [0, 0.1) is 11.8 Å². The zero-order valence-electron chi connectivity index (χ0n) is 13.7. The second-order valence-electron chi connectivity index (χ2n) is 8.15. The molecule has 0 radical (unpaired) electrons. The predicted octanol–water partition coefficient (Wildman–Crippen LogP) is 2.99. The molecule has 2 heteroatoms. The fourth-order valence-electron chi connectivity index (χ4n) is 3.29. The lowest BCUT2D eigenvalue weighted by Crippen LogP contribution is -2.46. The summed E-state index contributed by atoms with van der Waals surface area (Å²) < 4.78 is 2.48. The van der Waals surface area contributed by atoms with Gasteiger partial charge in [0, 0.05) is 5.92 Å². The van der Waals surface area contributed by atoms with E-state index in [1.54, 1.807) is 0 Å². The van der Waals surface area contributed by atoms with E-state index in [1.165, 1.54) is 60.8 Å². The lowest BCUT2D eigenvalue weighted by atomic mass is 9.98. The van der Waals surface area contributed by atoms with E-state index in [1.807, 2.05) is 0 Å². The first-order valence-electron chi connectivity index (χ1n) is 7.84. The summed E-state index contributed by atoms with van der Waals surface area (Å²) in [5.74, 6) is 1.94. The van der Waals surface area contributed by atoms with Crippen molar-refractivity contribution in [2.24, 2.45) is 11.8 Å². The summed E-state index contributed by atoms with van der Waals surface area (Å²) in [5.41, 5.74) is 0. The van der Waals surface area contributed by atoms with Crippen molar-refractivity contribution in [3.05, 3.63) is 0 Å². The second-order valence-corrected chi connectivity index (χ2v) is 8.15. The lowest BCUT2D eigenvalue weighted by molar-refractivity contribution is -0.898. The average molecular weight is 256 g/mol. The van der Waals surface area contributed by atoms with Crippen LogP contribution in [0.15, 0.2) is 0 Å². The molecule has 2 aliphatic heterocycles. The van der Waals surface area contributed by atoms with Gasteiger partial charge in [-0.3, -0.25) is 0 Å². The molecular weight excluding hydrogens is 220 g/mol. The molecule has 2 rings (SSSR count). The van der Waals surface area contributed by atoms with Crippen molar-refractivity contribution in [1.82, 2.24) is 0 Å². The maximum atomic E-state index is 2.36. The van der Waals surface area contributed by atoms with Crippen LogP contribution in [0.4, 0.5) is 0 Å². The van der Waals surface area contributed by atoms with E-state index in [0.29, 0.717) is 0 Å². The van der Waals surface area contributed by atoms with Crippen molar-refractivity contribution in [3.63, 3.8) is 0 Å². The van der Waals surface area contributed by atoms with Gasteiger partial charge in [-0.05, 0) is 31.6 Å². The van der Waals surface area contributed by atoms with Crippen molar-refractivity contribution in [2.45, 2.75) is 39.5 Å². The Hall–Kier alpha value is -0.0800. The van der Waals surface area contributed by atoms with Crippen LogP contribution in [0.5, 0.6) is 0 Å². The van der Waals surface area contributed by atoms with Crippen LogP contribution in [0.1, 0.15) is 39.5 Å². The third-order valence-electron chi connectivity index (χ3n) is 4.72. The molecule has 2 nitrogen and oxygen atoms in total. The van der Waals surface area contributed by atoms with E-state index in [9.17, 15) is 0 Å². The standard InChI is InChI=1S/2C8H18N/c1-8-4-6-9(2,3)7-5-8;1-8-5-4-6-9(2,3)7-8/h2*8H,4-7H2,1-3H3/q2*+1. The molecule has 0 aromatic rings. The zero-order valence-corrected chi connectivity index (χ0v) is 13.7. The summed E-state index contributed by atoms with van der Waals surface area (Å²) in [6.07, 6.45) is 5.72. The fourth-order valence-corrected chi connectivity index (χ4v) is 3.29. The van der Waals surface area contributed by atoms with Crippen LogP contribution in [0.2, 0.25) is 0 Å². The van der Waals surface area contributed by atoms with E-state index in [2.05, 4.69) is 42.0 Å². The van der Waals surface area contributed by atoms with Crippen LogP contribution in [-0.4, -0.2) is 63.3 Å². The summed E-state index contributed by atoms with van der Waals surface area (Å²) in [6.45, 7) is 10.2. The van der Waals surface area contributed by atoms with E-state index in [0.717, 1.165) is 11.8 Å². The number of hydrogen-bond acceptors (Lipinski definition) is 0. The Balaban J connectivity index is 0.000000180. The van der Waals surface area contributed by atoms with Crippen LogP contribution in [0.25, 0.3) is 0 Å². The highest BCUT2D eigenvalue weighted by molar-refractivity contribution is 4.57. The Labute approximate surface area is 115 Å². The minimum Gasteiger partial charge on any atom is -0.328 e. The van der Waals surface area contributed by atoms with E-state index in [-0.39, 0.29) is 0 Å². The van der Waals surface area contributed by atoms with Gasteiger partial charge < -0.3 is 8.97 Å². The molecule has 0 aromatic heterocycles. The molecule has 2 heterocycles. The lowest BCUT2D eigenvalue weighted by Gasteiger charge is -2.36. The van der Waals surface area contributed by atoms with E-state index in [4.69, 9.17) is 0 Å². The van der Waals surface area contributed by atoms with Gasteiger partial charge in [0.1, 0.15) is 0 Å². The van der Waals surface area contributed by atoms with Gasteiger partial charge in [-0.25, -0.2) is 0 Å². The van der Waals surface area contributed by atoms with Crippen molar-refractivity contribution < 1.29 is 8.97 Å². The minimum absolute atomic E-state index is 0.953. The highest BCUT2D eigenvalue weighted by Crippen LogP contribution is 2.19. The first-order valence-corrected chi connectivity index (χ1v) is 7.84. The number of likely N-dealkylation sites (tertiary alicyclic amines) is 2. The molecule has 2 fully saturated rings. The Morgan fingerprint density at radius 1 is 0.667 bits per heavy atom. The van der Waals surface area contributed by atoms with Gasteiger partial charge >= 0.3 is 0 Å². The van der Waals surface area contributed by atoms with Crippen LogP contribution in [-0.2, 0) is 0 Å². The molecule has 0 spiro atoms. The molecule has 18 heavy (non-hydrogen) atoms. The molecule has 2 aliphatic rings. The Morgan fingerprint density at radius 2 is 1.22 bits per heavy atom. The first-order chi connectivity index (χ1) is 8.20. The highest BCUT2D eigenvalue weighted by Gasteiger charge is 2.24. The van der Waals surface area contributed by atoms with Gasteiger partial charge in [0.25, 0.3) is 0 Å². The zero-order chi connectivity index (χ0) is 13.8. The summed E-state index contributed by atoms with van der Waals surface area (Å²) in [5, 5.41) is 0. The fraction of sp³-hybridized carbons (Fsp3) is 1.00. The van der Waals surface area contributed by atoms with Gasteiger partial charge in [0.15, 0.2) is 0 Å². The van der Waals surface area contributed by atoms with Gasteiger partial charge in [-0.15, -0.1) is 0 Å². The predicted molar refractivity (Wildman–Crippen MR) is 80.5 cm³/mol. The van der Waals surface area contributed by atoms with Crippen LogP contribution in [0.3, 0.4) is 0 Å². The molecular formula is C16H36N2+2. The monoisotopic (exact) mass is 256 g/mol. The molecule has 1 atom stereocenters. The number of quaternary nitrogens is 2. The normalized spacial score (nSPS) is 31.3. The maximum Gasteiger partial charge on any atom is 0.0808 e. The first kappa shape index (κ1) is 16.0. The third-order valence-corrected chi connectivity index (χ3v) is 4.72. The Bertz CT molecular complexity index is 235. The molecule has 0 bridgehead atoms. The largest absolute Gasteiger partial charge is 0.328 e. The topological polar surface area (TPSA) is 0 Å². The number of rotatable bonds is 0. The number of nitrogens with zero attached hydrogens (tertiary/aromatic N) is 2. The summed E-state index contributed by atoms with van der Waals surface area (Å²) in [7, 11) is 9.31. The highest BCUT2D eigenvalue weighted by atomic mass is 15.3. The summed E-state index contributed by atoms with van der Waals surface area (Å²) in [6, 6.07) is 0. The maximum absolute atomic E-state index is 2.36. The average Bonchev–Trinajstić information content (AvgIpc) is 2.22. The van der Waals surface area contributed by atoms with Crippen molar-refractivity contribution >= 4 is 0 Å². The van der Waals surface area contributed by atoms with E-state index >= 15 is 0 Å². The van der Waals surface area contributed by atoms with Gasteiger partial charge in [-0.1, -0.05) is 13.8 Å². The molecule has 0 N–H and O–H groups in total. The molecule has 1 unspecified atom stereocenters. The molecule has 2 saturated heterocycles.